The van der Waals surface area contributed by atoms with Crippen molar-refractivity contribution in [3.05, 3.63) is 69.7 Å². The SMILES string of the molecule is O=c1oc2cc(Cl)ccc2n1CN(Cc1ccccc1)CC1CCCO1. The van der Waals surface area contributed by atoms with Crippen molar-refractivity contribution in [1.29, 1.82) is 0 Å². The van der Waals surface area contributed by atoms with E-state index in [-0.39, 0.29) is 11.9 Å². The molecule has 0 spiro atoms. The van der Waals surface area contributed by atoms with Crippen LogP contribution in [0, 0.1) is 0 Å². The molecule has 0 saturated carbocycles. The number of rotatable bonds is 6. The Hall–Kier alpha value is -2.08. The van der Waals surface area contributed by atoms with Crippen molar-refractivity contribution in [2.75, 3.05) is 13.2 Å². The zero-order valence-electron chi connectivity index (χ0n) is 14.4. The summed E-state index contributed by atoms with van der Waals surface area (Å²) in [4.78, 5) is 14.6. The lowest BCUT2D eigenvalue weighted by atomic mass is 10.2. The van der Waals surface area contributed by atoms with Crippen LogP contribution in [0.5, 0.6) is 0 Å². The van der Waals surface area contributed by atoms with Crippen LogP contribution in [0.1, 0.15) is 18.4 Å². The van der Waals surface area contributed by atoms with E-state index < -0.39 is 0 Å². The van der Waals surface area contributed by atoms with Crippen LogP contribution in [-0.2, 0) is 18.0 Å². The minimum absolute atomic E-state index is 0.210. The van der Waals surface area contributed by atoms with Gasteiger partial charge in [-0.15, -0.1) is 0 Å². The highest BCUT2D eigenvalue weighted by Gasteiger charge is 2.21. The number of nitrogens with zero attached hydrogens (tertiary/aromatic N) is 2. The van der Waals surface area contributed by atoms with Crippen LogP contribution < -0.4 is 5.76 Å². The molecule has 1 atom stereocenters. The van der Waals surface area contributed by atoms with Gasteiger partial charge in [-0.05, 0) is 30.5 Å². The molecule has 26 heavy (non-hydrogen) atoms. The third kappa shape index (κ3) is 3.85. The van der Waals surface area contributed by atoms with E-state index in [9.17, 15) is 4.79 Å². The lowest BCUT2D eigenvalue weighted by Crippen LogP contribution is -2.35. The molecule has 0 amide bonds. The van der Waals surface area contributed by atoms with Crippen molar-refractivity contribution >= 4 is 22.7 Å². The molecule has 5 nitrogen and oxygen atoms in total. The Morgan fingerprint density at radius 2 is 2.04 bits per heavy atom. The Morgan fingerprint density at radius 3 is 2.81 bits per heavy atom. The third-order valence-electron chi connectivity index (χ3n) is 4.71. The number of aromatic nitrogens is 1. The van der Waals surface area contributed by atoms with Crippen LogP contribution in [-0.4, -0.2) is 28.7 Å². The van der Waals surface area contributed by atoms with Crippen molar-refractivity contribution in [2.45, 2.75) is 32.2 Å². The van der Waals surface area contributed by atoms with Gasteiger partial charge in [0.1, 0.15) is 0 Å². The summed E-state index contributed by atoms with van der Waals surface area (Å²) in [5.41, 5.74) is 2.47. The van der Waals surface area contributed by atoms with Gasteiger partial charge in [0.25, 0.3) is 0 Å². The van der Waals surface area contributed by atoms with E-state index in [1.165, 1.54) is 5.56 Å². The fourth-order valence-corrected chi connectivity index (χ4v) is 3.63. The van der Waals surface area contributed by atoms with Gasteiger partial charge in [0.15, 0.2) is 5.58 Å². The molecule has 1 aliphatic heterocycles. The monoisotopic (exact) mass is 372 g/mol. The molecule has 1 unspecified atom stereocenters. The molecule has 4 rings (SSSR count). The Kier molecular flexibility index (Phi) is 5.11. The van der Waals surface area contributed by atoms with Gasteiger partial charge in [0.2, 0.25) is 0 Å². The number of halogens is 1. The summed E-state index contributed by atoms with van der Waals surface area (Å²) in [5.74, 6) is -0.368. The summed E-state index contributed by atoms with van der Waals surface area (Å²) in [6.07, 6.45) is 2.36. The Morgan fingerprint density at radius 1 is 1.19 bits per heavy atom. The van der Waals surface area contributed by atoms with Crippen LogP contribution in [0.4, 0.5) is 0 Å². The number of benzene rings is 2. The molecular formula is C20H21ClN2O3. The Balaban J connectivity index is 1.61. The average Bonchev–Trinajstić information content (AvgIpc) is 3.24. The predicted octanol–water partition coefficient (Wildman–Crippen LogP) is 3.89. The highest BCUT2D eigenvalue weighted by atomic mass is 35.5. The first-order valence-corrected chi connectivity index (χ1v) is 9.23. The summed E-state index contributed by atoms with van der Waals surface area (Å²) in [5, 5.41) is 0.555. The molecule has 2 aromatic carbocycles. The highest BCUT2D eigenvalue weighted by molar-refractivity contribution is 6.31. The highest BCUT2D eigenvalue weighted by Crippen LogP contribution is 2.20. The maximum atomic E-state index is 12.4. The number of ether oxygens (including phenoxy) is 1. The lowest BCUT2D eigenvalue weighted by molar-refractivity contribution is 0.0585. The maximum Gasteiger partial charge on any atom is 0.421 e. The van der Waals surface area contributed by atoms with Crippen molar-refractivity contribution in [2.24, 2.45) is 0 Å². The second-order valence-electron chi connectivity index (χ2n) is 6.68. The van der Waals surface area contributed by atoms with Crippen molar-refractivity contribution < 1.29 is 9.15 Å². The largest absolute Gasteiger partial charge is 0.421 e. The molecule has 0 radical (unpaired) electrons. The van der Waals surface area contributed by atoms with Crippen LogP contribution in [0.25, 0.3) is 11.1 Å². The van der Waals surface area contributed by atoms with Crippen molar-refractivity contribution in [1.82, 2.24) is 9.47 Å². The van der Waals surface area contributed by atoms with E-state index in [0.29, 0.717) is 17.3 Å². The topological polar surface area (TPSA) is 47.6 Å². The van der Waals surface area contributed by atoms with Gasteiger partial charge in [-0.2, -0.15) is 0 Å². The molecule has 0 N–H and O–H groups in total. The molecule has 1 aromatic heterocycles. The molecule has 136 valence electrons. The number of hydrogen-bond acceptors (Lipinski definition) is 4. The molecule has 0 aliphatic carbocycles. The fourth-order valence-electron chi connectivity index (χ4n) is 3.46. The summed E-state index contributed by atoms with van der Waals surface area (Å²) in [6.45, 7) is 2.79. The predicted molar refractivity (Wildman–Crippen MR) is 101 cm³/mol. The maximum absolute atomic E-state index is 12.4. The first-order valence-electron chi connectivity index (χ1n) is 8.86. The normalized spacial score (nSPS) is 17.4. The van der Waals surface area contributed by atoms with E-state index in [1.54, 1.807) is 16.7 Å². The molecule has 2 heterocycles. The summed E-state index contributed by atoms with van der Waals surface area (Å²) in [7, 11) is 0. The van der Waals surface area contributed by atoms with Gasteiger partial charge in [-0.25, -0.2) is 4.79 Å². The smallest absolute Gasteiger partial charge is 0.408 e. The lowest BCUT2D eigenvalue weighted by Gasteiger charge is -2.25. The molecule has 3 aromatic rings. The second kappa shape index (κ2) is 7.66. The van der Waals surface area contributed by atoms with Crippen LogP contribution >= 0.6 is 11.6 Å². The molecule has 1 saturated heterocycles. The second-order valence-corrected chi connectivity index (χ2v) is 7.12. The van der Waals surface area contributed by atoms with Crippen LogP contribution in [0.3, 0.4) is 0 Å². The molecule has 1 fully saturated rings. The Bertz CT molecular complexity index is 929. The fraction of sp³-hybridized carbons (Fsp3) is 0.350. The summed E-state index contributed by atoms with van der Waals surface area (Å²) < 4.78 is 12.8. The quantitative estimate of drug-likeness (QED) is 0.658. The van der Waals surface area contributed by atoms with Gasteiger partial charge in [0, 0.05) is 30.8 Å². The van der Waals surface area contributed by atoms with Gasteiger partial charge in [-0.1, -0.05) is 41.9 Å². The van der Waals surface area contributed by atoms with Crippen LogP contribution in [0.2, 0.25) is 5.02 Å². The molecular weight excluding hydrogens is 352 g/mol. The van der Waals surface area contributed by atoms with E-state index >= 15 is 0 Å². The molecule has 0 bridgehead atoms. The van der Waals surface area contributed by atoms with E-state index in [0.717, 1.165) is 38.1 Å². The number of fused-ring (bicyclic) bond motifs is 1. The minimum Gasteiger partial charge on any atom is -0.408 e. The van der Waals surface area contributed by atoms with E-state index in [4.69, 9.17) is 20.8 Å². The van der Waals surface area contributed by atoms with Crippen LogP contribution in [0.15, 0.2) is 57.7 Å². The van der Waals surface area contributed by atoms with E-state index in [2.05, 4.69) is 17.0 Å². The summed E-state index contributed by atoms with van der Waals surface area (Å²) >= 11 is 6.01. The minimum atomic E-state index is -0.368. The van der Waals surface area contributed by atoms with Gasteiger partial charge in [0.05, 0.1) is 18.3 Å². The van der Waals surface area contributed by atoms with Crippen molar-refractivity contribution in [3.63, 3.8) is 0 Å². The first-order chi connectivity index (χ1) is 12.7. The first kappa shape index (κ1) is 17.3. The van der Waals surface area contributed by atoms with Gasteiger partial charge < -0.3 is 9.15 Å². The Labute approximate surface area is 156 Å². The van der Waals surface area contributed by atoms with E-state index in [1.807, 2.05) is 24.3 Å². The zero-order valence-corrected chi connectivity index (χ0v) is 15.2. The third-order valence-corrected chi connectivity index (χ3v) is 4.94. The number of hydrogen-bond donors (Lipinski definition) is 0. The standard InChI is InChI=1S/C20H21ClN2O3/c21-16-8-9-18-19(11-16)26-20(24)23(18)14-22(13-17-7-4-10-25-17)12-15-5-2-1-3-6-15/h1-3,5-6,8-9,11,17H,4,7,10,12-14H2. The van der Waals surface area contributed by atoms with Gasteiger partial charge >= 0.3 is 5.76 Å². The molecule has 1 aliphatic rings. The van der Waals surface area contributed by atoms with Gasteiger partial charge in [-0.3, -0.25) is 9.47 Å². The average molecular weight is 373 g/mol. The zero-order chi connectivity index (χ0) is 17.9. The molecule has 6 heteroatoms. The summed E-state index contributed by atoms with van der Waals surface area (Å²) in [6, 6.07) is 15.5. The van der Waals surface area contributed by atoms with Crippen molar-refractivity contribution in [3.8, 4) is 0 Å². The number of oxazole rings is 1.